The van der Waals surface area contributed by atoms with Crippen LogP contribution in [0.4, 0.5) is 10.5 Å². The average Bonchev–Trinajstić information content (AvgIpc) is 2.75. The maximum absolute atomic E-state index is 13.0. The molecule has 1 aliphatic rings. The highest BCUT2D eigenvalue weighted by atomic mass is 35.5. The van der Waals surface area contributed by atoms with Gasteiger partial charge in [0, 0.05) is 43.4 Å². The normalized spacial score (nSPS) is 14.7. The van der Waals surface area contributed by atoms with Crippen LogP contribution in [0, 0.1) is 0 Å². The van der Waals surface area contributed by atoms with Gasteiger partial charge in [0.25, 0.3) is 0 Å². The minimum Gasteiger partial charge on any atom is -0.379 e. The molecule has 0 bridgehead atoms. The second-order valence-corrected chi connectivity index (χ2v) is 8.50. The number of urea groups is 1. The molecule has 162 valence electrons. The maximum atomic E-state index is 13.0. The lowest BCUT2D eigenvalue weighted by Crippen LogP contribution is -2.40. The highest BCUT2D eigenvalue weighted by Gasteiger charge is 2.16. The molecule has 2 aromatic rings. The number of nitrogens with zero attached hydrogens (tertiary/aromatic N) is 2. The first-order valence-electron chi connectivity index (χ1n) is 10.7. The lowest BCUT2D eigenvalue weighted by molar-refractivity contribution is 0.0365. The topological polar surface area (TPSA) is 44.8 Å². The van der Waals surface area contributed by atoms with Crippen molar-refractivity contribution in [2.24, 2.45) is 0 Å². The first-order valence-corrected chi connectivity index (χ1v) is 11.1. The summed E-state index contributed by atoms with van der Waals surface area (Å²) in [5, 5.41) is 3.66. The summed E-state index contributed by atoms with van der Waals surface area (Å²) in [7, 11) is 0. The van der Waals surface area contributed by atoms with Crippen molar-refractivity contribution in [3.8, 4) is 0 Å². The van der Waals surface area contributed by atoms with Gasteiger partial charge in [0.1, 0.15) is 0 Å². The lowest BCUT2D eigenvalue weighted by atomic mass is 10.0. The number of anilines is 1. The highest BCUT2D eigenvalue weighted by molar-refractivity contribution is 6.30. The number of benzene rings is 2. The quantitative estimate of drug-likeness (QED) is 0.625. The molecule has 1 saturated heterocycles. The van der Waals surface area contributed by atoms with Gasteiger partial charge in [-0.05, 0) is 47.7 Å². The van der Waals surface area contributed by atoms with E-state index in [1.54, 1.807) is 12.1 Å². The number of amides is 2. The van der Waals surface area contributed by atoms with Crippen molar-refractivity contribution < 1.29 is 9.53 Å². The zero-order valence-electron chi connectivity index (χ0n) is 17.9. The van der Waals surface area contributed by atoms with Crippen molar-refractivity contribution in [3.05, 3.63) is 64.7 Å². The largest absolute Gasteiger partial charge is 0.379 e. The van der Waals surface area contributed by atoms with Gasteiger partial charge in [-0.2, -0.15) is 0 Å². The first kappa shape index (κ1) is 22.6. The van der Waals surface area contributed by atoms with Crippen LogP contribution in [0.2, 0.25) is 5.02 Å². The van der Waals surface area contributed by atoms with E-state index in [0.717, 1.165) is 50.5 Å². The fraction of sp³-hybridized carbons (Fsp3) is 0.458. The Kier molecular flexibility index (Phi) is 8.55. The molecule has 6 heteroatoms. The van der Waals surface area contributed by atoms with Gasteiger partial charge in [-0.25, -0.2) is 4.79 Å². The third-order valence-electron chi connectivity index (χ3n) is 5.41. The predicted octanol–water partition coefficient (Wildman–Crippen LogP) is 5.22. The Labute approximate surface area is 185 Å². The Bertz CT molecular complexity index is 787. The Hall–Kier alpha value is -2.08. The van der Waals surface area contributed by atoms with Crippen molar-refractivity contribution in [2.45, 2.75) is 32.7 Å². The number of hydrogen-bond donors (Lipinski definition) is 1. The summed E-state index contributed by atoms with van der Waals surface area (Å²) >= 11 is 5.96. The Morgan fingerprint density at radius 2 is 1.77 bits per heavy atom. The first-order chi connectivity index (χ1) is 14.5. The van der Waals surface area contributed by atoms with E-state index in [9.17, 15) is 4.79 Å². The van der Waals surface area contributed by atoms with E-state index in [2.05, 4.69) is 48.3 Å². The summed E-state index contributed by atoms with van der Waals surface area (Å²) < 4.78 is 5.42. The van der Waals surface area contributed by atoms with E-state index in [-0.39, 0.29) is 6.03 Å². The lowest BCUT2D eigenvalue weighted by Gasteiger charge is -2.28. The Morgan fingerprint density at radius 3 is 2.40 bits per heavy atom. The summed E-state index contributed by atoms with van der Waals surface area (Å²) in [6, 6.07) is 15.7. The molecular weight excluding hydrogens is 398 g/mol. The molecule has 0 unspecified atom stereocenters. The maximum Gasteiger partial charge on any atom is 0.322 e. The Morgan fingerprint density at radius 1 is 1.10 bits per heavy atom. The van der Waals surface area contributed by atoms with Crippen LogP contribution in [-0.2, 0) is 11.3 Å². The monoisotopic (exact) mass is 429 g/mol. The molecule has 2 aromatic carbocycles. The molecule has 0 atom stereocenters. The smallest absolute Gasteiger partial charge is 0.322 e. The van der Waals surface area contributed by atoms with Crippen LogP contribution in [0.5, 0.6) is 0 Å². The number of rotatable bonds is 8. The number of nitrogens with one attached hydrogen (secondary N) is 1. The Balaban J connectivity index is 1.63. The van der Waals surface area contributed by atoms with E-state index >= 15 is 0 Å². The van der Waals surface area contributed by atoms with Crippen LogP contribution in [0.3, 0.4) is 0 Å². The number of carbonyl (C=O) groups is 1. The van der Waals surface area contributed by atoms with Crippen LogP contribution in [0.25, 0.3) is 0 Å². The molecule has 5 nitrogen and oxygen atoms in total. The third kappa shape index (κ3) is 7.01. The van der Waals surface area contributed by atoms with Gasteiger partial charge in [-0.1, -0.05) is 49.7 Å². The second-order valence-electron chi connectivity index (χ2n) is 8.06. The standard InChI is InChI=1S/C24H32ClN3O2/c1-19(2)21-6-4-20(5-7-21)18-28(13-3-12-27-14-16-30-17-15-27)24(29)26-23-10-8-22(25)9-11-23/h4-11,19H,3,12-18H2,1-2H3,(H,26,29). The SMILES string of the molecule is CC(C)c1ccc(CN(CCCN2CCOCC2)C(=O)Nc2ccc(Cl)cc2)cc1. The number of morpholine rings is 1. The van der Waals surface area contributed by atoms with Gasteiger partial charge in [-0.3, -0.25) is 4.90 Å². The summed E-state index contributed by atoms with van der Waals surface area (Å²) in [5.74, 6) is 0.497. The summed E-state index contributed by atoms with van der Waals surface area (Å²) in [6.07, 6.45) is 0.929. The molecule has 0 radical (unpaired) electrons. The summed E-state index contributed by atoms with van der Waals surface area (Å²) in [4.78, 5) is 17.3. The fourth-order valence-electron chi connectivity index (χ4n) is 3.53. The van der Waals surface area contributed by atoms with E-state index < -0.39 is 0 Å². The van der Waals surface area contributed by atoms with E-state index in [4.69, 9.17) is 16.3 Å². The fourth-order valence-corrected chi connectivity index (χ4v) is 3.65. The van der Waals surface area contributed by atoms with Crippen LogP contribution >= 0.6 is 11.6 Å². The number of halogens is 1. The van der Waals surface area contributed by atoms with Crippen molar-refractivity contribution in [2.75, 3.05) is 44.7 Å². The highest BCUT2D eigenvalue weighted by Crippen LogP contribution is 2.17. The molecule has 0 aromatic heterocycles. The van der Waals surface area contributed by atoms with Gasteiger partial charge < -0.3 is 15.0 Å². The predicted molar refractivity (Wildman–Crippen MR) is 123 cm³/mol. The molecule has 30 heavy (non-hydrogen) atoms. The molecule has 1 aliphatic heterocycles. The van der Waals surface area contributed by atoms with Gasteiger partial charge in [-0.15, -0.1) is 0 Å². The van der Waals surface area contributed by atoms with E-state index in [1.165, 1.54) is 5.56 Å². The molecular formula is C24H32ClN3O2. The average molecular weight is 430 g/mol. The summed E-state index contributed by atoms with van der Waals surface area (Å²) in [6.45, 7) is 10.1. The van der Waals surface area contributed by atoms with Gasteiger partial charge >= 0.3 is 6.03 Å². The second kappa shape index (κ2) is 11.3. The number of ether oxygens (including phenoxy) is 1. The number of carbonyl (C=O) groups excluding carboxylic acids is 1. The third-order valence-corrected chi connectivity index (χ3v) is 5.66. The van der Waals surface area contributed by atoms with Gasteiger partial charge in [0.15, 0.2) is 0 Å². The van der Waals surface area contributed by atoms with Crippen molar-refractivity contribution in [1.29, 1.82) is 0 Å². The minimum atomic E-state index is -0.0905. The van der Waals surface area contributed by atoms with Crippen LogP contribution in [-0.4, -0.2) is 55.2 Å². The molecule has 0 spiro atoms. The van der Waals surface area contributed by atoms with Crippen molar-refractivity contribution in [1.82, 2.24) is 9.80 Å². The van der Waals surface area contributed by atoms with Gasteiger partial charge in [0.05, 0.1) is 13.2 Å². The zero-order chi connectivity index (χ0) is 21.3. The zero-order valence-corrected chi connectivity index (χ0v) is 18.7. The summed E-state index contributed by atoms with van der Waals surface area (Å²) in [5.41, 5.74) is 3.19. The van der Waals surface area contributed by atoms with Crippen LogP contribution in [0.15, 0.2) is 48.5 Å². The number of hydrogen-bond acceptors (Lipinski definition) is 3. The molecule has 1 N–H and O–H groups in total. The molecule has 1 heterocycles. The van der Waals surface area contributed by atoms with E-state index in [0.29, 0.717) is 24.0 Å². The minimum absolute atomic E-state index is 0.0905. The molecule has 0 saturated carbocycles. The van der Waals surface area contributed by atoms with Crippen LogP contribution < -0.4 is 5.32 Å². The molecule has 0 aliphatic carbocycles. The van der Waals surface area contributed by atoms with Gasteiger partial charge in [0.2, 0.25) is 0 Å². The van der Waals surface area contributed by atoms with Crippen molar-refractivity contribution >= 4 is 23.3 Å². The molecule has 2 amide bonds. The molecule has 3 rings (SSSR count). The van der Waals surface area contributed by atoms with Crippen molar-refractivity contribution in [3.63, 3.8) is 0 Å². The van der Waals surface area contributed by atoms with E-state index in [1.807, 2.05) is 17.0 Å². The molecule has 1 fully saturated rings. The van der Waals surface area contributed by atoms with Crippen LogP contribution in [0.1, 0.15) is 37.3 Å².